The summed E-state index contributed by atoms with van der Waals surface area (Å²) in [7, 11) is 0. The van der Waals surface area contributed by atoms with Crippen LogP contribution < -0.4 is 16.0 Å². The number of carboxylic acids is 1. The quantitative estimate of drug-likeness (QED) is 0.281. The Bertz CT molecular complexity index is 897. The van der Waals surface area contributed by atoms with Gasteiger partial charge in [-0.05, 0) is 48.0 Å². The van der Waals surface area contributed by atoms with Crippen LogP contribution in [0.2, 0.25) is 0 Å². The van der Waals surface area contributed by atoms with Gasteiger partial charge in [0, 0.05) is 30.5 Å². The third kappa shape index (κ3) is 11.8. The van der Waals surface area contributed by atoms with E-state index in [1.54, 1.807) is 41.5 Å². The summed E-state index contributed by atoms with van der Waals surface area (Å²) < 4.78 is 10.5. The van der Waals surface area contributed by atoms with Crippen molar-refractivity contribution in [3.8, 4) is 5.75 Å². The van der Waals surface area contributed by atoms with Crippen molar-refractivity contribution in [1.29, 1.82) is 0 Å². The average Bonchev–Trinajstić information content (AvgIpc) is 2.66. The Labute approximate surface area is 211 Å². The van der Waals surface area contributed by atoms with Crippen molar-refractivity contribution in [3.05, 3.63) is 17.7 Å². The van der Waals surface area contributed by atoms with Gasteiger partial charge in [0.1, 0.15) is 23.0 Å². The second-order valence-electron chi connectivity index (χ2n) is 10.4. The molecule has 3 amide bonds. The Kier molecular flexibility index (Phi) is 11.0. The summed E-state index contributed by atoms with van der Waals surface area (Å²) in [5, 5.41) is 27.5. The first-order valence-corrected chi connectivity index (χ1v) is 11.9. The summed E-state index contributed by atoms with van der Waals surface area (Å²) in [6.07, 6.45) is 0.496. The Balaban J connectivity index is 3.38. The van der Waals surface area contributed by atoms with Gasteiger partial charge in [-0.2, -0.15) is 0 Å². The van der Waals surface area contributed by atoms with Crippen molar-refractivity contribution in [2.75, 3.05) is 10.6 Å². The highest BCUT2D eigenvalue weighted by Gasteiger charge is 2.27. The number of aromatic hydroxyl groups is 1. The minimum atomic E-state index is -1.37. The molecule has 0 aliphatic heterocycles. The third-order valence-corrected chi connectivity index (χ3v) is 4.55. The molecule has 11 heteroatoms. The maximum Gasteiger partial charge on any atom is 0.412 e. The number of carbonyl (C=O) groups is 4. The normalized spacial score (nSPS) is 12.3. The SMILES string of the molecule is CCCCCC(=O)N[C@@H](Cc1c(NC(=O)OC(C)(C)C)cc(O)cc1NC(=O)OC(C)(C)C)C(=O)O. The molecule has 0 saturated heterocycles. The zero-order chi connectivity index (χ0) is 27.7. The van der Waals surface area contributed by atoms with Crippen molar-refractivity contribution < 1.29 is 38.9 Å². The van der Waals surface area contributed by atoms with Gasteiger partial charge in [0.15, 0.2) is 0 Å². The maximum absolute atomic E-state index is 12.4. The van der Waals surface area contributed by atoms with E-state index in [1.165, 1.54) is 12.1 Å². The van der Waals surface area contributed by atoms with E-state index in [-0.39, 0.29) is 35.5 Å². The highest BCUT2D eigenvalue weighted by atomic mass is 16.6. The number of hydrogen-bond donors (Lipinski definition) is 5. The zero-order valence-corrected chi connectivity index (χ0v) is 22.1. The zero-order valence-electron chi connectivity index (χ0n) is 22.1. The van der Waals surface area contributed by atoms with Crippen LogP contribution >= 0.6 is 0 Å². The largest absolute Gasteiger partial charge is 0.508 e. The number of benzene rings is 1. The monoisotopic (exact) mass is 509 g/mol. The molecule has 11 nitrogen and oxygen atoms in total. The molecule has 1 aromatic rings. The standard InChI is InChI=1S/C25H39N3O8/c1-8-9-10-11-20(30)26-19(21(31)32)14-16-17(27-22(33)35-24(2,3)4)12-15(29)13-18(16)28-23(34)36-25(5,6)7/h12-13,19,29H,8-11,14H2,1-7H3,(H,26,30)(H,27,33)(H,28,34)(H,31,32)/t19-/m0/s1. The molecule has 1 aromatic carbocycles. The highest BCUT2D eigenvalue weighted by molar-refractivity contribution is 5.93. The topological polar surface area (TPSA) is 163 Å². The van der Waals surface area contributed by atoms with Crippen molar-refractivity contribution in [2.24, 2.45) is 0 Å². The number of ether oxygens (including phenoxy) is 2. The van der Waals surface area contributed by atoms with Gasteiger partial charge < -0.3 is 25.0 Å². The summed E-state index contributed by atoms with van der Waals surface area (Å²) in [5.74, 6) is -2.05. The van der Waals surface area contributed by atoms with E-state index in [1.807, 2.05) is 6.92 Å². The Morgan fingerprint density at radius 1 is 0.889 bits per heavy atom. The number of unbranched alkanes of at least 4 members (excludes halogenated alkanes) is 2. The van der Waals surface area contributed by atoms with Crippen LogP contribution in [0.1, 0.15) is 79.7 Å². The van der Waals surface area contributed by atoms with Crippen LogP contribution in [0.4, 0.5) is 21.0 Å². The van der Waals surface area contributed by atoms with E-state index in [0.29, 0.717) is 6.42 Å². The summed E-state index contributed by atoms with van der Waals surface area (Å²) >= 11 is 0. The first-order chi connectivity index (χ1) is 16.5. The molecule has 0 heterocycles. The number of rotatable bonds is 10. The van der Waals surface area contributed by atoms with Crippen LogP contribution in [-0.2, 0) is 25.5 Å². The highest BCUT2D eigenvalue weighted by Crippen LogP contribution is 2.32. The van der Waals surface area contributed by atoms with E-state index in [2.05, 4.69) is 16.0 Å². The van der Waals surface area contributed by atoms with Crippen molar-refractivity contribution in [3.63, 3.8) is 0 Å². The van der Waals surface area contributed by atoms with Gasteiger partial charge in [0.2, 0.25) is 5.91 Å². The molecule has 202 valence electrons. The summed E-state index contributed by atoms with van der Waals surface area (Å²) in [6.45, 7) is 12.0. The molecule has 1 rings (SSSR count). The van der Waals surface area contributed by atoms with Gasteiger partial charge in [-0.1, -0.05) is 19.8 Å². The van der Waals surface area contributed by atoms with E-state index in [0.717, 1.165) is 12.8 Å². The second kappa shape index (κ2) is 13.0. The lowest BCUT2D eigenvalue weighted by atomic mass is 10.0. The summed E-state index contributed by atoms with van der Waals surface area (Å²) in [4.78, 5) is 49.2. The van der Waals surface area contributed by atoms with Gasteiger partial charge in [-0.15, -0.1) is 0 Å². The van der Waals surface area contributed by atoms with Crippen LogP contribution in [0.25, 0.3) is 0 Å². The van der Waals surface area contributed by atoms with Crippen LogP contribution in [-0.4, -0.2) is 51.5 Å². The number of nitrogens with one attached hydrogen (secondary N) is 3. The van der Waals surface area contributed by atoms with Gasteiger partial charge in [0.05, 0.1) is 11.4 Å². The number of phenols is 1. The van der Waals surface area contributed by atoms with Gasteiger partial charge in [-0.3, -0.25) is 15.4 Å². The first kappa shape index (κ1) is 30.5. The summed E-state index contributed by atoms with van der Waals surface area (Å²) in [6, 6.07) is 1.02. The molecule has 0 fully saturated rings. The van der Waals surface area contributed by atoms with E-state index in [4.69, 9.17) is 9.47 Å². The molecule has 1 atom stereocenters. The third-order valence-electron chi connectivity index (χ3n) is 4.55. The van der Waals surface area contributed by atoms with Crippen molar-refractivity contribution >= 4 is 35.4 Å². The fourth-order valence-corrected chi connectivity index (χ4v) is 3.13. The molecule has 5 N–H and O–H groups in total. The minimum Gasteiger partial charge on any atom is -0.508 e. The smallest absolute Gasteiger partial charge is 0.412 e. The van der Waals surface area contributed by atoms with Crippen molar-refractivity contribution in [2.45, 2.75) is 97.8 Å². The molecule has 0 aliphatic carbocycles. The summed E-state index contributed by atoms with van der Waals surface area (Å²) in [5.41, 5.74) is -1.50. The lowest BCUT2D eigenvalue weighted by Crippen LogP contribution is -2.42. The number of aliphatic carboxylic acids is 1. The lowest BCUT2D eigenvalue weighted by molar-refractivity contribution is -0.141. The Hall–Kier alpha value is -3.50. The molecule has 0 unspecified atom stereocenters. The fourth-order valence-electron chi connectivity index (χ4n) is 3.13. The maximum atomic E-state index is 12.4. The number of anilines is 2. The minimum absolute atomic E-state index is 0.00166. The van der Waals surface area contributed by atoms with E-state index >= 15 is 0 Å². The van der Waals surface area contributed by atoms with Gasteiger partial charge >= 0.3 is 18.2 Å². The number of hydrogen-bond acceptors (Lipinski definition) is 7. The number of phenolic OH excluding ortho intramolecular Hbond substituents is 1. The number of carboxylic acid groups (broad SMARTS) is 1. The molecule has 0 saturated carbocycles. The van der Waals surface area contributed by atoms with Gasteiger partial charge in [0.25, 0.3) is 0 Å². The van der Waals surface area contributed by atoms with Crippen LogP contribution in [0, 0.1) is 0 Å². The Morgan fingerprint density at radius 3 is 1.75 bits per heavy atom. The van der Waals surface area contributed by atoms with Crippen molar-refractivity contribution in [1.82, 2.24) is 5.32 Å². The first-order valence-electron chi connectivity index (χ1n) is 11.9. The van der Waals surface area contributed by atoms with Crippen LogP contribution in [0.5, 0.6) is 5.75 Å². The fraction of sp³-hybridized carbons (Fsp3) is 0.600. The predicted molar refractivity (Wildman–Crippen MR) is 135 cm³/mol. The second-order valence-corrected chi connectivity index (χ2v) is 10.4. The molecule has 0 aromatic heterocycles. The van der Waals surface area contributed by atoms with Crippen LogP contribution in [0.15, 0.2) is 12.1 Å². The predicted octanol–water partition coefficient (Wildman–Crippen LogP) is 4.78. The van der Waals surface area contributed by atoms with Gasteiger partial charge in [-0.25, -0.2) is 14.4 Å². The molecule has 0 radical (unpaired) electrons. The van der Waals surface area contributed by atoms with Crippen LogP contribution in [0.3, 0.4) is 0 Å². The van der Waals surface area contributed by atoms with E-state index < -0.39 is 41.3 Å². The molecular formula is C25H39N3O8. The molecule has 0 aliphatic rings. The lowest BCUT2D eigenvalue weighted by Gasteiger charge is -2.24. The molecule has 0 spiro atoms. The number of amides is 3. The van der Waals surface area contributed by atoms with E-state index in [9.17, 15) is 29.4 Å². The molecule has 36 heavy (non-hydrogen) atoms. The number of carbonyl (C=O) groups excluding carboxylic acids is 3. The Morgan fingerprint density at radius 2 is 1.36 bits per heavy atom. The molecular weight excluding hydrogens is 470 g/mol. The molecule has 0 bridgehead atoms. The average molecular weight is 510 g/mol.